The lowest BCUT2D eigenvalue weighted by molar-refractivity contribution is 0.0692. The molecule has 1 rings (SSSR count). The zero-order chi connectivity index (χ0) is 13.2. The highest BCUT2D eigenvalue weighted by Gasteiger charge is 2.11. The summed E-state index contributed by atoms with van der Waals surface area (Å²) in [6, 6.07) is 0. The van der Waals surface area contributed by atoms with Gasteiger partial charge in [0.2, 0.25) is 10.1 Å². The minimum absolute atomic E-state index is 0.230. The Morgan fingerprint density at radius 2 is 2.17 bits per heavy atom. The van der Waals surface area contributed by atoms with Gasteiger partial charge < -0.3 is 20.1 Å². The van der Waals surface area contributed by atoms with Gasteiger partial charge in [0.1, 0.15) is 0 Å². The van der Waals surface area contributed by atoms with Crippen LogP contribution < -0.4 is 10.6 Å². The molecule has 0 aromatic carbocycles. The summed E-state index contributed by atoms with van der Waals surface area (Å²) < 4.78 is 10.0. The first-order chi connectivity index (χ1) is 8.77. The number of nitrogens with zero attached hydrogens (tertiary/aromatic N) is 2. The third-order valence-electron chi connectivity index (χ3n) is 1.91. The van der Waals surface area contributed by atoms with Gasteiger partial charge in [0.15, 0.2) is 0 Å². The Balaban J connectivity index is 2.19. The number of methoxy groups -OCH3 is 1. The lowest BCUT2D eigenvalue weighted by Gasteiger charge is -2.04. The summed E-state index contributed by atoms with van der Waals surface area (Å²) in [4.78, 5) is 11.6. The molecule has 1 aromatic heterocycles. The molecule has 1 amide bonds. The van der Waals surface area contributed by atoms with E-state index in [2.05, 4.69) is 20.8 Å². The second-order valence-electron chi connectivity index (χ2n) is 3.30. The summed E-state index contributed by atoms with van der Waals surface area (Å²) in [7, 11) is 1.61. The summed E-state index contributed by atoms with van der Waals surface area (Å²) in [6.07, 6.45) is 0. The molecule has 8 heteroatoms. The average molecular weight is 274 g/mol. The van der Waals surface area contributed by atoms with Crippen molar-refractivity contribution in [3.05, 3.63) is 5.01 Å². The van der Waals surface area contributed by atoms with Gasteiger partial charge in [-0.25, -0.2) is 0 Å². The van der Waals surface area contributed by atoms with Crippen LogP contribution in [0.25, 0.3) is 0 Å². The SMILES string of the molecule is CCNc1nnc(C(=O)NCCOCCOC)s1. The van der Waals surface area contributed by atoms with Gasteiger partial charge in [0, 0.05) is 20.2 Å². The fourth-order valence-corrected chi connectivity index (χ4v) is 1.82. The summed E-state index contributed by atoms with van der Waals surface area (Å²) in [6.45, 7) is 4.68. The predicted octanol–water partition coefficient (Wildman–Crippen LogP) is 0.363. The zero-order valence-electron chi connectivity index (χ0n) is 10.6. The molecule has 0 unspecified atom stereocenters. The number of hydrogen-bond acceptors (Lipinski definition) is 7. The van der Waals surface area contributed by atoms with E-state index >= 15 is 0 Å². The Kier molecular flexibility index (Phi) is 7.23. The number of hydrogen-bond donors (Lipinski definition) is 2. The maximum Gasteiger partial charge on any atom is 0.282 e. The zero-order valence-corrected chi connectivity index (χ0v) is 11.4. The fraction of sp³-hybridized carbons (Fsp3) is 0.700. The van der Waals surface area contributed by atoms with Gasteiger partial charge in [-0.3, -0.25) is 4.79 Å². The average Bonchev–Trinajstić information content (AvgIpc) is 2.82. The molecule has 0 aliphatic carbocycles. The van der Waals surface area contributed by atoms with E-state index in [1.807, 2.05) is 6.92 Å². The monoisotopic (exact) mass is 274 g/mol. The number of carbonyl (C=O) groups excluding carboxylic acids is 1. The molecular weight excluding hydrogens is 256 g/mol. The van der Waals surface area contributed by atoms with Crippen molar-refractivity contribution in [3.8, 4) is 0 Å². The van der Waals surface area contributed by atoms with E-state index in [4.69, 9.17) is 9.47 Å². The Morgan fingerprint density at radius 3 is 2.89 bits per heavy atom. The topological polar surface area (TPSA) is 85.4 Å². The number of carbonyl (C=O) groups is 1. The standard InChI is InChI=1S/C10H18N4O3S/c1-3-11-10-14-13-9(18-10)8(15)12-4-5-17-7-6-16-2/h3-7H2,1-2H3,(H,11,14)(H,12,15). The molecular formula is C10H18N4O3S. The van der Waals surface area contributed by atoms with Gasteiger partial charge in [-0.1, -0.05) is 11.3 Å². The van der Waals surface area contributed by atoms with Crippen LogP contribution in [-0.2, 0) is 9.47 Å². The van der Waals surface area contributed by atoms with Crippen LogP contribution in [0.3, 0.4) is 0 Å². The van der Waals surface area contributed by atoms with Crippen LogP contribution in [0, 0.1) is 0 Å². The maximum absolute atomic E-state index is 11.6. The van der Waals surface area contributed by atoms with Crippen molar-refractivity contribution >= 4 is 22.4 Å². The molecule has 0 radical (unpaired) electrons. The quantitative estimate of drug-likeness (QED) is 0.633. The largest absolute Gasteiger partial charge is 0.382 e. The van der Waals surface area contributed by atoms with Crippen molar-refractivity contribution in [1.29, 1.82) is 0 Å². The first-order valence-electron chi connectivity index (χ1n) is 5.70. The van der Waals surface area contributed by atoms with Gasteiger partial charge in [-0.2, -0.15) is 0 Å². The summed E-state index contributed by atoms with van der Waals surface area (Å²) in [5.74, 6) is -0.230. The van der Waals surface area contributed by atoms with Crippen LogP contribution in [0.4, 0.5) is 5.13 Å². The number of anilines is 1. The number of ether oxygens (including phenoxy) is 2. The van der Waals surface area contributed by atoms with E-state index in [1.165, 1.54) is 11.3 Å². The molecule has 18 heavy (non-hydrogen) atoms. The highest BCUT2D eigenvalue weighted by molar-refractivity contribution is 7.17. The van der Waals surface area contributed by atoms with E-state index in [0.717, 1.165) is 6.54 Å². The van der Waals surface area contributed by atoms with Crippen molar-refractivity contribution in [2.24, 2.45) is 0 Å². The Bertz CT molecular complexity index is 359. The highest BCUT2D eigenvalue weighted by atomic mass is 32.1. The number of aromatic nitrogens is 2. The van der Waals surface area contributed by atoms with Crippen molar-refractivity contribution in [3.63, 3.8) is 0 Å². The molecule has 2 N–H and O–H groups in total. The lowest BCUT2D eigenvalue weighted by atomic mass is 10.6. The first-order valence-corrected chi connectivity index (χ1v) is 6.51. The van der Waals surface area contributed by atoms with E-state index in [0.29, 0.717) is 36.5 Å². The van der Waals surface area contributed by atoms with Gasteiger partial charge in [-0.15, -0.1) is 10.2 Å². The number of rotatable bonds is 9. The van der Waals surface area contributed by atoms with Crippen LogP contribution in [-0.4, -0.2) is 56.1 Å². The van der Waals surface area contributed by atoms with Crippen LogP contribution in [0.1, 0.15) is 16.7 Å². The number of nitrogens with one attached hydrogen (secondary N) is 2. The summed E-state index contributed by atoms with van der Waals surface area (Å²) in [5, 5.41) is 14.3. The van der Waals surface area contributed by atoms with Crippen molar-refractivity contribution in [2.75, 3.05) is 45.3 Å². The predicted molar refractivity (Wildman–Crippen MR) is 69.1 cm³/mol. The molecule has 0 spiro atoms. The van der Waals surface area contributed by atoms with Crippen LogP contribution in [0.15, 0.2) is 0 Å². The van der Waals surface area contributed by atoms with E-state index in [1.54, 1.807) is 7.11 Å². The van der Waals surface area contributed by atoms with E-state index < -0.39 is 0 Å². The van der Waals surface area contributed by atoms with Gasteiger partial charge in [-0.05, 0) is 6.92 Å². The highest BCUT2D eigenvalue weighted by Crippen LogP contribution is 2.14. The molecule has 1 heterocycles. The second kappa shape index (κ2) is 8.78. The first kappa shape index (κ1) is 14.8. The summed E-state index contributed by atoms with van der Waals surface area (Å²) >= 11 is 1.23. The van der Waals surface area contributed by atoms with E-state index in [-0.39, 0.29) is 5.91 Å². The third-order valence-corrected chi connectivity index (χ3v) is 2.79. The number of amides is 1. The molecule has 7 nitrogen and oxygen atoms in total. The van der Waals surface area contributed by atoms with Crippen LogP contribution in [0.2, 0.25) is 0 Å². The van der Waals surface area contributed by atoms with Crippen LogP contribution >= 0.6 is 11.3 Å². The van der Waals surface area contributed by atoms with Crippen molar-refractivity contribution < 1.29 is 14.3 Å². The van der Waals surface area contributed by atoms with Crippen molar-refractivity contribution in [2.45, 2.75) is 6.92 Å². The van der Waals surface area contributed by atoms with Gasteiger partial charge in [0.25, 0.3) is 5.91 Å². The molecule has 0 atom stereocenters. The molecule has 1 aromatic rings. The van der Waals surface area contributed by atoms with Gasteiger partial charge >= 0.3 is 0 Å². The van der Waals surface area contributed by atoms with Crippen LogP contribution in [0.5, 0.6) is 0 Å². The van der Waals surface area contributed by atoms with E-state index in [9.17, 15) is 4.79 Å². The molecule has 0 saturated carbocycles. The molecule has 0 saturated heterocycles. The Hall–Kier alpha value is -1.25. The second-order valence-corrected chi connectivity index (χ2v) is 4.28. The molecule has 0 aliphatic heterocycles. The molecule has 0 aliphatic rings. The maximum atomic E-state index is 11.6. The normalized spacial score (nSPS) is 10.3. The third kappa shape index (κ3) is 5.39. The minimum atomic E-state index is -0.230. The molecule has 0 fully saturated rings. The Morgan fingerprint density at radius 1 is 1.33 bits per heavy atom. The van der Waals surface area contributed by atoms with Crippen molar-refractivity contribution in [1.82, 2.24) is 15.5 Å². The lowest BCUT2D eigenvalue weighted by Crippen LogP contribution is -2.27. The Labute approximate surface area is 110 Å². The smallest absolute Gasteiger partial charge is 0.282 e. The molecule has 102 valence electrons. The fourth-order valence-electron chi connectivity index (χ4n) is 1.09. The summed E-state index contributed by atoms with van der Waals surface area (Å²) in [5.41, 5.74) is 0. The minimum Gasteiger partial charge on any atom is -0.382 e. The molecule has 0 bridgehead atoms. The van der Waals surface area contributed by atoms with Gasteiger partial charge in [0.05, 0.1) is 19.8 Å².